The number of aliphatic hydroxyl groups is 1. The maximum Gasteiger partial charge on any atom is 0.246 e. The standard InChI is InChI=1S/C35H33F2N5O3S/c1-4-30(44)41-10-11-42-28(20(41)2)18-27(39-42)34-32(31-26(37)16-24(36)17-29(31)45-13-12-43)35-25(8-14-46-35)33(38-34)22-5-6-23-19-40(3)9-7-21(23)15-22/h4-6,8,14-18,20,43H,1,7,9-13,19H2,2-3H3. The van der Waals surface area contributed by atoms with Gasteiger partial charge >= 0.3 is 0 Å². The number of hydrogen-bond acceptors (Lipinski definition) is 7. The highest BCUT2D eigenvalue weighted by Crippen LogP contribution is 2.47. The highest BCUT2D eigenvalue weighted by molar-refractivity contribution is 7.18. The summed E-state index contributed by atoms with van der Waals surface area (Å²) in [6, 6.07) is 12.0. The van der Waals surface area contributed by atoms with Gasteiger partial charge in [0.2, 0.25) is 5.91 Å². The fourth-order valence-corrected chi connectivity index (χ4v) is 7.55. The molecule has 0 bridgehead atoms. The number of thiophene rings is 1. The van der Waals surface area contributed by atoms with Crippen molar-refractivity contribution < 1.29 is 23.4 Å². The number of pyridine rings is 1. The number of rotatable bonds is 7. The van der Waals surface area contributed by atoms with Crippen molar-refractivity contribution in [3.8, 4) is 39.5 Å². The zero-order valence-corrected chi connectivity index (χ0v) is 26.4. The monoisotopic (exact) mass is 641 g/mol. The Bertz CT molecular complexity index is 2000. The van der Waals surface area contributed by atoms with E-state index in [1.54, 1.807) is 4.90 Å². The molecule has 0 saturated carbocycles. The van der Waals surface area contributed by atoms with E-state index in [4.69, 9.17) is 14.8 Å². The van der Waals surface area contributed by atoms with Gasteiger partial charge in [-0.25, -0.2) is 13.8 Å². The van der Waals surface area contributed by atoms with Crippen molar-refractivity contribution in [2.45, 2.75) is 32.5 Å². The van der Waals surface area contributed by atoms with Gasteiger partial charge in [0.05, 0.1) is 36.1 Å². The van der Waals surface area contributed by atoms with Crippen LogP contribution in [-0.2, 0) is 24.3 Å². The van der Waals surface area contributed by atoms with Crippen LogP contribution in [0, 0.1) is 11.6 Å². The molecule has 2 aromatic carbocycles. The van der Waals surface area contributed by atoms with Gasteiger partial charge < -0.3 is 19.6 Å². The van der Waals surface area contributed by atoms with Crippen molar-refractivity contribution in [1.29, 1.82) is 0 Å². The second kappa shape index (κ2) is 12.1. The number of carbonyl (C=O) groups excluding carboxylic acids is 1. The van der Waals surface area contributed by atoms with Crippen LogP contribution in [0.3, 0.4) is 0 Å². The zero-order valence-electron chi connectivity index (χ0n) is 25.6. The summed E-state index contributed by atoms with van der Waals surface area (Å²) in [6.07, 6.45) is 2.23. The van der Waals surface area contributed by atoms with Crippen molar-refractivity contribution >= 4 is 27.3 Å². The van der Waals surface area contributed by atoms with E-state index >= 15 is 4.39 Å². The number of aromatic nitrogens is 3. The largest absolute Gasteiger partial charge is 0.490 e. The van der Waals surface area contributed by atoms with Crippen LogP contribution in [0.1, 0.15) is 29.8 Å². The molecule has 1 N–H and O–H groups in total. The summed E-state index contributed by atoms with van der Waals surface area (Å²) in [5, 5.41) is 17.2. The number of nitrogens with zero attached hydrogens (tertiary/aromatic N) is 5. The normalized spacial score (nSPS) is 16.4. The summed E-state index contributed by atoms with van der Waals surface area (Å²) >= 11 is 1.43. The van der Waals surface area contributed by atoms with Gasteiger partial charge in [-0.1, -0.05) is 18.7 Å². The van der Waals surface area contributed by atoms with Crippen LogP contribution in [0.2, 0.25) is 0 Å². The number of likely N-dealkylation sites (N-methyl/N-ethyl adjacent to an activating group) is 1. The predicted molar refractivity (Wildman–Crippen MR) is 175 cm³/mol. The van der Waals surface area contributed by atoms with Crippen LogP contribution in [0.5, 0.6) is 5.75 Å². The second-order valence-electron chi connectivity index (χ2n) is 11.7. The van der Waals surface area contributed by atoms with E-state index in [0.717, 1.165) is 58.7 Å². The number of halogens is 2. The van der Waals surface area contributed by atoms with Gasteiger partial charge in [0.25, 0.3) is 0 Å². The molecule has 0 spiro atoms. The van der Waals surface area contributed by atoms with E-state index < -0.39 is 11.6 Å². The van der Waals surface area contributed by atoms with Crippen LogP contribution in [0.25, 0.3) is 43.9 Å². The molecule has 2 aliphatic heterocycles. The highest BCUT2D eigenvalue weighted by atomic mass is 32.1. The van der Waals surface area contributed by atoms with Crippen LogP contribution in [0.15, 0.2) is 60.5 Å². The maximum absolute atomic E-state index is 16.0. The topological polar surface area (TPSA) is 83.7 Å². The Hall–Kier alpha value is -4.45. The molecule has 1 unspecified atom stereocenters. The van der Waals surface area contributed by atoms with E-state index in [1.165, 1.54) is 28.5 Å². The average Bonchev–Trinajstić information content (AvgIpc) is 3.71. The van der Waals surface area contributed by atoms with Crippen molar-refractivity contribution in [3.63, 3.8) is 0 Å². The Morgan fingerprint density at radius 2 is 1.96 bits per heavy atom. The average molecular weight is 642 g/mol. The number of benzene rings is 2. The second-order valence-corrected chi connectivity index (χ2v) is 12.7. The van der Waals surface area contributed by atoms with Gasteiger partial charge in [-0.05, 0) is 61.2 Å². The summed E-state index contributed by atoms with van der Waals surface area (Å²) < 4.78 is 38.9. The van der Waals surface area contributed by atoms with Crippen LogP contribution in [0.4, 0.5) is 8.78 Å². The molecular formula is C35H33F2N5O3S. The van der Waals surface area contributed by atoms with Gasteiger partial charge in [-0.2, -0.15) is 5.10 Å². The Balaban J connectivity index is 1.49. The van der Waals surface area contributed by atoms with Crippen LogP contribution in [-0.4, -0.2) is 68.9 Å². The summed E-state index contributed by atoms with van der Waals surface area (Å²) in [5.41, 5.74) is 6.43. The quantitative estimate of drug-likeness (QED) is 0.213. The van der Waals surface area contributed by atoms with E-state index in [-0.39, 0.29) is 36.5 Å². The highest BCUT2D eigenvalue weighted by Gasteiger charge is 2.31. The minimum atomic E-state index is -0.809. The zero-order chi connectivity index (χ0) is 32.1. The van der Waals surface area contributed by atoms with Gasteiger partial charge in [0.1, 0.15) is 35.4 Å². The van der Waals surface area contributed by atoms with Crippen molar-refractivity contribution in [1.82, 2.24) is 24.6 Å². The Labute approximate surface area is 269 Å². The first-order valence-electron chi connectivity index (χ1n) is 15.2. The van der Waals surface area contributed by atoms with E-state index in [0.29, 0.717) is 30.0 Å². The van der Waals surface area contributed by atoms with Crippen molar-refractivity contribution in [2.75, 3.05) is 33.4 Å². The molecule has 3 aromatic heterocycles. The fraction of sp³-hybridized carbons (Fsp3) is 0.286. The van der Waals surface area contributed by atoms with Crippen LogP contribution < -0.4 is 4.74 Å². The number of amides is 1. The SMILES string of the molecule is C=CC(=O)N1CCn2nc(-c3nc(-c4ccc5c(c4)CCN(C)C5)c4ccsc4c3-c3c(F)cc(F)cc3OCCO)cc2C1C. The molecule has 1 amide bonds. The Morgan fingerprint density at radius 1 is 1.11 bits per heavy atom. The Morgan fingerprint density at radius 3 is 2.76 bits per heavy atom. The third-order valence-corrected chi connectivity index (χ3v) is 9.80. The lowest BCUT2D eigenvalue weighted by Gasteiger charge is -2.33. The smallest absolute Gasteiger partial charge is 0.246 e. The van der Waals surface area contributed by atoms with Gasteiger partial charge in [-0.3, -0.25) is 9.48 Å². The predicted octanol–water partition coefficient (Wildman–Crippen LogP) is 6.22. The summed E-state index contributed by atoms with van der Waals surface area (Å²) in [4.78, 5) is 21.9. The molecule has 0 aliphatic carbocycles. The molecule has 0 radical (unpaired) electrons. The molecule has 1 atom stereocenters. The summed E-state index contributed by atoms with van der Waals surface area (Å²) in [7, 11) is 2.11. The Kier molecular flexibility index (Phi) is 7.92. The molecule has 0 fully saturated rings. The van der Waals surface area contributed by atoms with Crippen molar-refractivity contribution in [2.24, 2.45) is 0 Å². The number of ether oxygens (including phenoxy) is 1. The van der Waals surface area contributed by atoms with Gasteiger partial charge in [0.15, 0.2) is 0 Å². The molecule has 11 heteroatoms. The number of fused-ring (bicyclic) bond motifs is 3. The lowest BCUT2D eigenvalue weighted by Crippen LogP contribution is -2.40. The third-order valence-electron chi connectivity index (χ3n) is 8.87. The van der Waals surface area contributed by atoms with Gasteiger partial charge in [0, 0.05) is 53.0 Å². The minimum absolute atomic E-state index is 0.0324. The summed E-state index contributed by atoms with van der Waals surface area (Å²) in [6.45, 7) is 7.90. The molecule has 5 aromatic rings. The first-order chi connectivity index (χ1) is 22.3. The number of hydrogen-bond donors (Lipinski definition) is 1. The third kappa shape index (κ3) is 5.18. The lowest BCUT2D eigenvalue weighted by atomic mass is 9.93. The van der Waals surface area contributed by atoms with E-state index in [2.05, 4.69) is 36.7 Å². The minimum Gasteiger partial charge on any atom is -0.490 e. The molecule has 5 heterocycles. The molecule has 7 rings (SSSR count). The fourth-order valence-electron chi connectivity index (χ4n) is 6.60. The van der Waals surface area contributed by atoms with E-state index in [1.807, 2.05) is 29.1 Å². The maximum atomic E-state index is 16.0. The molecule has 2 aliphatic rings. The molecular weight excluding hydrogens is 608 g/mol. The molecule has 236 valence electrons. The first kappa shape index (κ1) is 30.2. The number of carbonyl (C=O) groups is 1. The van der Waals surface area contributed by atoms with Crippen molar-refractivity contribution in [3.05, 3.63) is 89.0 Å². The first-order valence-corrected chi connectivity index (χ1v) is 16.1. The molecule has 0 saturated heterocycles. The van der Waals surface area contributed by atoms with E-state index in [9.17, 15) is 14.3 Å². The molecule has 46 heavy (non-hydrogen) atoms. The number of aliphatic hydroxyl groups excluding tert-OH is 1. The van der Waals surface area contributed by atoms with Crippen LogP contribution >= 0.6 is 11.3 Å². The molecule has 8 nitrogen and oxygen atoms in total. The van der Waals surface area contributed by atoms with Gasteiger partial charge in [-0.15, -0.1) is 11.3 Å². The summed E-state index contributed by atoms with van der Waals surface area (Å²) in [5.74, 6) is -1.80. The lowest BCUT2D eigenvalue weighted by molar-refractivity contribution is -0.129.